The molecule has 0 radical (unpaired) electrons. The molecular formula is C10H6Cl2N4. The van der Waals surface area contributed by atoms with E-state index in [2.05, 4.69) is 10.3 Å². The summed E-state index contributed by atoms with van der Waals surface area (Å²) in [5.41, 5.74) is 1.84. The van der Waals surface area contributed by atoms with Crippen LogP contribution in [-0.2, 0) is 5.88 Å². The molecule has 1 heterocycles. The van der Waals surface area contributed by atoms with E-state index in [-0.39, 0.29) is 5.88 Å². The average Bonchev–Trinajstić information content (AvgIpc) is 2.77. The normalized spacial score (nSPS) is 10.1. The van der Waals surface area contributed by atoms with Crippen LogP contribution in [0, 0.1) is 11.3 Å². The summed E-state index contributed by atoms with van der Waals surface area (Å²) in [5.74, 6) is 0.278. The molecule has 6 heteroatoms. The zero-order chi connectivity index (χ0) is 11.5. The van der Waals surface area contributed by atoms with E-state index < -0.39 is 0 Å². The summed E-state index contributed by atoms with van der Waals surface area (Å²) < 4.78 is 1.52. The molecule has 0 saturated carbocycles. The highest BCUT2D eigenvalue weighted by atomic mass is 35.5. The van der Waals surface area contributed by atoms with Crippen LogP contribution in [0.15, 0.2) is 24.4 Å². The van der Waals surface area contributed by atoms with Crippen LogP contribution in [-0.4, -0.2) is 15.0 Å². The van der Waals surface area contributed by atoms with Gasteiger partial charge in [-0.3, -0.25) is 0 Å². The molecule has 0 amide bonds. The average molecular weight is 253 g/mol. The van der Waals surface area contributed by atoms with Gasteiger partial charge in [-0.1, -0.05) is 16.8 Å². The number of hydrogen-bond donors (Lipinski definition) is 0. The van der Waals surface area contributed by atoms with E-state index in [1.165, 1.54) is 4.68 Å². The topological polar surface area (TPSA) is 54.5 Å². The van der Waals surface area contributed by atoms with Crippen LogP contribution in [0.3, 0.4) is 0 Å². The fraction of sp³-hybridized carbons (Fsp3) is 0.100. The first-order chi connectivity index (χ1) is 7.76. The predicted molar refractivity (Wildman–Crippen MR) is 60.6 cm³/mol. The van der Waals surface area contributed by atoms with Crippen molar-refractivity contribution in [2.24, 2.45) is 0 Å². The number of aromatic nitrogens is 3. The summed E-state index contributed by atoms with van der Waals surface area (Å²) in [5, 5.41) is 16.9. The van der Waals surface area contributed by atoms with Crippen molar-refractivity contribution < 1.29 is 0 Å². The maximum atomic E-state index is 8.81. The van der Waals surface area contributed by atoms with Gasteiger partial charge in [0.15, 0.2) is 0 Å². The maximum Gasteiger partial charge on any atom is 0.0992 e. The zero-order valence-corrected chi connectivity index (χ0v) is 9.57. The van der Waals surface area contributed by atoms with Gasteiger partial charge >= 0.3 is 0 Å². The highest BCUT2D eigenvalue weighted by Crippen LogP contribution is 2.22. The van der Waals surface area contributed by atoms with Crippen molar-refractivity contribution in [3.05, 3.63) is 40.7 Å². The van der Waals surface area contributed by atoms with E-state index in [9.17, 15) is 0 Å². The molecule has 0 N–H and O–H groups in total. The third-order valence-electron chi connectivity index (χ3n) is 2.06. The molecule has 0 aliphatic carbocycles. The van der Waals surface area contributed by atoms with Crippen LogP contribution in [0.1, 0.15) is 11.3 Å². The van der Waals surface area contributed by atoms with Gasteiger partial charge in [-0.05, 0) is 18.2 Å². The fourth-order valence-corrected chi connectivity index (χ4v) is 1.67. The lowest BCUT2D eigenvalue weighted by molar-refractivity contribution is 0.781. The molecule has 2 rings (SSSR count). The Morgan fingerprint density at radius 1 is 1.44 bits per heavy atom. The summed E-state index contributed by atoms with van der Waals surface area (Å²) in [7, 11) is 0. The molecule has 1 aromatic carbocycles. The van der Waals surface area contributed by atoms with Crippen molar-refractivity contribution in [1.29, 1.82) is 5.26 Å². The molecule has 0 bridgehead atoms. The quantitative estimate of drug-likeness (QED) is 0.772. The molecule has 0 aliphatic rings. The van der Waals surface area contributed by atoms with Crippen LogP contribution < -0.4 is 0 Å². The summed E-state index contributed by atoms with van der Waals surface area (Å²) >= 11 is 11.8. The molecule has 1 aromatic heterocycles. The number of nitriles is 1. The Balaban J connectivity index is 2.60. The predicted octanol–water partition coefficient (Wildman–Crippen LogP) is 2.53. The summed E-state index contributed by atoms with van der Waals surface area (Å²) in [4.78, 5) is 0. The van der Waals surface area contributed by atoms with Gasteiger partial charge in [-0.2, -0.15) is 5.26 Å². The van der Waals surface area contributed by atoms with Crippen molar-refractivity contribution >= 4 is 23.2 Å². The van der Waals surface area contributed by atoms with Crippen molar-refractivity contribution in [2.75, 3.05) is 0 Å². The third-order valence-corrected chi connectivity index (χ3v) is 2.65. The standard InChI is InChI=1S/C10H6Cl2N4/c11-4-8-6-14-15-16(8)10-3-7(5-13)1-2-9(10)12/h1-3,6H,4H2. The van der Waals surface area contributed by atoms with Crippen LogP contribution in [0.5, 0.6) is 0 Å². The molecule has 80 valence electrons. The molecule has 4 nitrogen and oxygen atoms in total. The van der Waals surface area contributed by atoms with E-state index in [4.69, 9.17) is 28.5 Å². The highest BCUT2D eigenvalue weighted by molar-refractivity contribution is 6.32. The highest BCUT2D eigenvalue weighted by Gasteiger charge is 2.09. The van der Waals surface area contributed by atoms with Gasteiger partial charge < -0.3 is 0 Å². The summed E-state index contributed by atoms with van der Waals surface area (Å²) in [6, 6.07) is 6.98. The number of alkyl halides is 1. The molecule has 0 fully saturated rings. The van der Waals surface area contributed by atoms with Gasteiger partial charge in [0.1, 0.15) is 0 Å². The Morgan fingerprint density at radius 3 is 2.94 bits per heavy atom. The molecule has 0 aliphatic heterocycles. The van der Waals surface area contributed by atoms with Gasteiger partial charge in [0.05, 0.1) is 40.1 Å². The number of benzene rings is 1. The SMILES string of the molecule is N#Cc1ccc(Cl)c(-n2nncc2CCl)c1. The smallest absolute Gasteiger partial charge is 0.0992 e. The lowest BCUT2D eigenvalue weighted by Crippen LogP contribution is -2.02. The monoisotopic (exact) mass is 252 g/mol. The lowest BCUT2D eigenvalue weighted by Gasteiger charge is -2.06. The van der Waals surface area contributed by atoms with Gasteiger partial charge in [-0.25, -0.2) is 4.68 Å². The van der Waals surface area contributed by atoms with Crippen molar-refractivity contribution in [1.82, 2.24) is 15.0 Å². The fourth-order valence-electron chi connectivity index (χ4n) is 1.29. The van der Waals surface area contributed by atoms with Crippen LogP contribution in [0.25, 0.3) is 5.69 Å². The Labute approximate surface area is 102 Å². The minimum absolute atomic E-state index is 0.278. The number of halogens is 2. The molecule has 0 atom stereocenters. The molecule has 2 aromatic rings. The first-order valence-electron chi connectivity index (χ1n) is 4.42. The Hall–Kier alpha value is -1.57. The van der Waals surface area contributed by atoms with Crippen molar-refractivity contribution in [3.63, 3.8) is 0 Å². The first-order valence-corrected chi connectivity index (χ1v) is 5.33. The first kappa shape index (κ1) is 10.9. The van der Waals surface area contributed by atoms with Gasteiger partial charge in [0.25, 0.3) is 0 Å². The van der Waals surface area contributed by atoms with Crippen LogP contribution in [0.2, 0.25) is 5.02 Å². The van der Waals surface area contributed by atoms with E-state index in [1.54, 1.807) is 24.4 Å². The van der Waals surface area contributed by atoms with Crippen LogP contribution in [0.4, 0.5) is 0 Å². The molecule has 0 saturated heterocycles. The van der Waals surface area contributed by atoms with Crippen molar-refractivity contribution in [3.8, 4) is 11.8 Å². The minimum atomic E-state index is 0.278. The number of nitrogens with zero attached hydrogens (tertiary/aromatic N) is 4. The summed E-state index contributed by atoms with van der Waals surface area (Å²) in [6.07, 6.45) is 1.56. The Bertz CT molecular complexity index is 556. The van der Waals surface area contributed by atoms with E-state index in [0.29, 0.717) is 16.3 Å². The molecular weight excluding hydrogens is 247 g/mol. The van der Waals surface area contributed by atoms with E-state index in [1.807, 2.05) is 6.07 Å². The summed E-state index contributed by atoms with van der Waals surface area (Å²) in [6.45, 7) is 0. The maximum absolute atomic E-state index is 8.81. The molecule has 0 spiro atoms. The second-order valence-corrected chi connectivity index (χ2v) is 3.72. The molecule has 0 unspecified atom stereocenters. The zero-order valence-electron chi connectivity index (χ0n) is 8.06. The van der Waals surface area contributed by atoms with Gasteiger partial charge in [-0.15, -0.1) is 16.7 Å². The van der Waals surface area contributed by atoms with E-state index in [0.717, 1.165) is 5.69 Å². The van der Waals surface area contributed by atoms with Crippen LogP contribution >= 0.6 is 23.2 Å². The minimum Gasteiger partial charge on any atom is -0.215 e. The Morgan fingerprint density at radius 2 is 2.25 bits per heavy atom. The van der Waals surface area contributed by atoms with E-state index >= 15 is 0 Å². The van der Waals surface area contributed by atoms with Gasteiger partial charge in [0, 0.05) is 0 Å². The second-order valence-electron chi connectivity index (χ2n) is 3.05. The van der Waals surface area contributed by atoms with Gasteiger partial charge in [0.2, 0.25) is 0 Å². The Kier molecular flexibility index (Phi) is 3.09. The number of rotatable bonds is 2. The number of hydrogen-bond acceptors (Lipinski definition) is 3. The lowest BCUT2D eigenvalue weighted by atomic mass is 10.2. The van der Waals surface area contributed by atoms with Crippen molar-refractivity contribution in [2.45, 2.75) is 5.88 Å². The largest absolute Gasteiger partial charge is 0.215 e. The molecule has 16 heavy (non-hydrogen) atoms. The third kappa shape index (κ3) is 1.87. The second kappa shape index (κ2) is 4.52.